The summed E-state index contributed by atoms with van der Waals surface area (Å²) in [4.78, 5) is 15.9. The molecule has 2 saturated heterocycles. The maximum Gasteiger partial charge on any atom is 0.272 e. The molecule has 2 fully saturated rings. The van der Waals surface area contributed by atoms with E-state index in [2.05, 4.69) is 5.10 Å². The van der Waals surface area contributed by atoms with Crippen molar-refractivity contribution in [1.82, 2.24) is 19.6 Å². The van der Waals surface area contributed by atoms with Crippen LogP contribution < -0.4 is 0 Å². The van der Waals surface area contributed by atoms with Gasteiger partial charge >= 0.3 is 0 Å². The van der Waals surface area contributed by atoms with Crippen LogP contribution in [0.5, 0.6) is 0 Å². The molecule has 0 bridgehead atoms. The molecule has 1 aromatic rings. The van der Waals surface area contributed by atoms with Gasteiger partial charge in [-0.05, 0) is 18.9 Å². The van der Waals surface area contributed by atoms with E-state index in [0.29, 0.717) is 31.6 Å². The molecule has 23 heavy (non-hydrogen) atoms. The second-order valence-electron chi connectivity index (χ2n) is 6.43. The first kappa shape index (κ1) is 16.3. The molecule has 128 valence electrons. The van der Waals surface area contributed by atoms with Gasteiger partial charge in [0.05, 0.1) is 13.2 Å². The lowest BCUT2D eigenvalue weighted by atomic mass is 10.0. The quantitative estimate of drug-likeness (QED) is 0.888. The van der Waals surface area contributed by atoms with Crippen molar-refractivity contribution in [3.05, 3.63) is 18.0 Å². The number of carbonyl (C=O) groups is 1. The minimum atomic E-state index is -2.73. The molecule has 6 nitrogen and oxygen atoms in total. The summed E-state index contributed by atoms with van der Waals surface area (Å²) in [6.45, 7) is 0.534. The van der Waals surface area contributed by atoms with Gasteiger partial charge < -0.3 is 10.0 Å². The van der Waals surface area contributed by atoms with Crippen LogP contribution in [-0.2, 0) is 7.05 Å². The number of aromatic nitrogens is 2. The third-order valence-electron chi connectivity index (χ3n) is 4.89. The van der Waals surface area contributed by atoms with Crippen molar-refractivity contribution in [1.29, 1.82) is 0 Å². The molecular formula is C15H22F2N4O2. The number of piperidine rings is 1. The van der Waals surface area contributed by atoms with Crippen molar-refractivity contribution in [2.24, 2.45) is 7.05 Å². The fourth-order valence-electron chi connectivity index (χ4n) is 3.67. The summed E-state index contributed by atoms with van der Waals surface area (Å²) in [7, 11) is 1.72. The highest BCUT2D eigenvalue weighted by atomic mass is 19.3. The van der Waals surface area contributed by atoms with Gasteiger partial charge in [0.1, 0.15) is 5.69 Å². The fraction of sp³-hybridized carbons (Fsp3) is 0.733. The van der Waals surface area contributed by atoms with Gasteiger partial charge in [0.15, 0.2) is 0 Å². The molecule has 0 radical (unpaired) electrons. The summed E-state index contributed by atoms with van der Waals surface area (Å²) >= 11 is 0. The predicted molar refractivity (Wildman–Crippen MR) is 79.3 cm³/mol. The smallest absolute Gasteiger partial charge is 0.272 e. The average Bonchev–Trinajstić information content (AvgIpc) is 3.09. The van der Waals surface area contributed by atoms with E-state index in [9.17, 15) is 18.7 Å². The standard InChI is InChI=1S/C15H22F2N4O2/c1-19-13(2-5-18-19)14(23)20-6-3-11(4-7-20)21-10-15(16,17)8-12(21)9-22/h2,5,11-12,22H,3-4,6-10H2,1H3/t12-/m0/s1. The van der Waals surface area contributed by atoms with E-state index < -0.39 is 12.0 Å². The maximum atomic E-state index is 13.6. The van der Waals surface area contributed by atoms with Crippen LogP contribution in [0, 0.1) is 0 Å². The van der Waals surface area contributed by atoms with E-state index in [4.69, 9.17) is 0 Å². The Morgan fingerprint density at radius 2 is 2.13 bits per heavy atom. The van der Waals surface area contributed by atoms with Gasteiger partial charge in [-0.1, -0.05) is 0 Å². The molecule has 1 N–H and O–H groups in total. The van der Waals surface area contributed by atoms with E-state index in [1.54, 1.807) is 29.1 Å². The lowest BCUT2D eigenvalue weighted by Gasteiger charge is -2.38. The summed E-state index contributed by atoms with van der Waals surface area (Å²) < 4.78 is 28.7. The van der Waals surface area contributed by atoms with Crippen LogP contribution in [0.4, 0.5) is 8.78 Å². The predicted octanol–water partition coefficient (Wildman–Crippen LogP) is 0.727. The number of amides is 1. The van der Waals surface area contributed by atoms with E-state index in [1.165, 1.54) is 4.68 Å². The maximum absolute atomic E-state index is 13.6. The Hall–Kier alpha value is -1.54. The van der Waals surface area contributed by atoms with Gasteiger partial charge in [-0.15, -0.1) is 0 Å². The van der Waals surface area contributed by atoms with Gasteiger partial charge in [0.25, 0.3) is 11.8 Å². The van der Waals surface area contributed by atoms with Gasteiger partial charge in [-0.25, -0.2) is 8.78 Å². The molecule has 3 heterocycles. The van der Waals surface area contributed by atoms with Gasteiger partial charge in [-0.2, -0.15) is 5.10 Å². The highest BCUT2D eigenvalue weighted by Gasteiger charge is 2.47. The molecule has 0 spiro atoms. The van der Waals surface area contributed by atoms with Crippen LogP contribution in [0.3, 0.4) is 0 Å². The summed E-state index contributed by atoms with van der Waals surface area (Å²) in [6, 6.07) is 1.20. The molecule has 0 unspecified atom stereocenters. The number of rotatable bonds is 3. The number of nitrogens with zero attached hydrogens (tertiary/aromatic N) is 4. The lowest BCUT2D eigenvalue weighted by Crippen LogP contribution is -2.49. The number of likely N-dealkylation sites (tertiary alicyclic amines) is 2. The SMILES string of the molecule is Cn1nccc1C(=O)N1CCC(N2CC(F)(F)C[C@H]2CO)CC1. The second-order valence-corrected chi connectivity index (χ2v) is 6.43. The minimum absolute atomic E-state index is 0.00360. The number of halogens is 2. The Morgan fingerprint density at radius 3 is 2.70 bits per heavy atom. The van der Waals surface area contributed by atoms with Crippen LogP contribution in [0.2, 0.25) is 0 Å². The monoisotopic (exact) mass is 328 g/mol. The van der Waals surface area contributed by atoms with Gasteiger partial charge in [0.2, 0.25) is 0 Å². The highest BCUT2D eigenvalue weighted by molar-refractivity contribution is 5.92. The Balaban J connectivity index is 1.60. The molecule has 1 aromatic heterocycles. The number of aliphatic hydroxyl groups excluding tert-OH is 1. The molecule has 8 heteroatoms. The number of hydrogen-bond acceptors (Lipinski definition) is 4. The van der Waals surface area contributed by atoms with Crippen molar-refractivity contribution in [3.8, 4) is 0 Å². The van der Waals surface area contributed by atoms with Crippen molar-refractivity contribution in [2.45, 2.75) is 37.3 Å². The first-order chi connectivity index (χ1) is 10.9. The Kier molecular flexibility index (Phi) is 4.37. The average molecular weight is 328 g/mol. The molecule has 0 aromatic carbocycles. The van der Waals surface area contributed by atoms with E-state index >= 15 is 0 Å². The summed E-state index contributed by atoms with van der Waals surface area (Å²) in [5.41, 5.74) is 0.532. The Bertz CT molecular complexity index is 570. The third-order valence-corrected chi connectivity index (χ3v) is 4.89. The van der Waals surface area contributed by atoms with Crippen molar-refractivity contribution in [3.63, 3.8) is 0 Å². The van der Waals surface area contributed by atoms with E-state index in [-0.39, 0.29) is 31.5 Å². The zero-order valence-electron chi connectivity index (χ0n) is 13.2. The number of aliphatic hydroxyl groups is 1. The van der Waals surface area contributed by atoms with Gasteiger partial charge in [-0.3, -0.25) is 14.4 Å². The number of alkyl halides is 2. The number of carbonyl (C=O) groups excluding carboxylic acids is 1. The number of hydrogen-bond donors (Lipinski definition) is 1. The van der Waals surface area contributed by atoms with Crippen LogP contribution in [0.25, 0.3) is 0 Å². The molecular weight excluding hydrogens is 306 g/mol. The van der Waals surface area contributed by atoms with E-state index in [0.717, 1.165) is 0 Å². The Labute approximate surface area is 133 Å². The molecule has 3 rings (SSSR count). The summed E-state index contributed by atoms with van der Waals surface area (Å²) in [5.74, 6) is -2.80. The van der Waals surface area contributed by atoms with Crippen LogP contribution >= 0.6 is 0 Å². The highest BCUT2D eigenvalue weighted by Crippen LogP contribution is 2.35. The first-order valence-electron chi connectivity index (χ1n) is 7.93. The van der Waals surface area contributed by atoms with E-state index in [1.807, 2.05) is 0 Å². The minimum Gasteiger partial charge on any atom is -0.395 e. The van der Waals surface area contributed by atoms with Gasteiger partial charge in [0, 0.05) is 44.8 Å². The van der Waals surface area contributed by atoms with Crippen molar-refractivity contribution < 1.29 is 18.7 Å². The molecule has 0 aliphatic carbocycles. The Morgan fingerprint density at radius 1 is 1.43 bits per heavy atom. The van der Waals surface area contributed by atoms with Crippen LogP contribution in [0.15, 0.2) is 12.3 Å². The molecule has 1 amide bonds. The molecule has 0 saturated carbocycles. The van der Waals surface area contributed by atoms with Crippen molar-refractivity contribution in [2.75, 3.05) is 26.2 Å². The number of aryl methyl sites for hydroxylation is 1. The molecule has 1 atom stereocenters. The fourth-order valence-corrected chi connectivity index (χ4v) is 3.67. The zero-order chi connectivity index (χ0) is 16.6. The third kappa shape index (κ3) is 3.23. The van der Waals surface area contributed by atoms with Crippen LogP contribution in [0.1, 0.15) is 29.8 Å². The topological polar surface area (TPSA) is 61.6 Å². The zero-order valence-corrected chi connectivity index (χ0v) is 13.2. The summed E-state index contributed by atoms with van der Waals surface area (Å²) in [6.07, 6.45) is 2.60. The second kappa shape index (κ2) is 6.16. The van der Waals surface area contributed by atoms with Crippen LogP contribution in [-0.4, -0.2) is 74.8 Å². The summed E-state index contributed by atoms with van der Waals surface area (Å²) in [5, 5.41) is 13.3. The molecule has 2 aliphatic heterocycles. The largest absolute Gasteiger partial charge is 0.395 e. The first-order valence-corrected chi connectivity index (χ1v) is 7.93. The van der Waals surface area contributed by atoms with Crippen molar-refractivity contribution >= 4 is 5.91 Å². The molecule has 2 aliphatic rings. The normalized spacial score (nSPS) is 25.9. The lowest BCUT2D eigenvalue weighted by molar-refractivity contribution is 0.00292.